The van der Waals surface area contributed by atoms with E-state index in [1.165, 1.54) is 0 Å². The molecule has 1 aromatic rings. The summed E-state index contributed by atoms with van der Waals surface area (Å²) in [6.07, 6.45) is 0.428. The van der Waals surface area contributed by atoms with Gasteiger partial charge in [-0.2, -0.15) is 0 Å². The number of carbonyl (C=O) groups excluding carboxylic acids is 1. The van der Waals surface area contributed by atoms with Crippen molar-refractivity contribution >= 4 is 11.6 Å². The van der Waals surface area contributed by atoms with Gasteiger partial charge in [0.15, 0.2) is 0 Å². The molecular weight excluding hydrogens is 250 g/mol. The summed E-state index contributed by atoms with van der Waals surface area (Å²) in [6, 6.07) is 8.15. The molecule has 4 nitrogen and oxygen atoms in total. The van der Waals surface area contributed by atoms with Gasteiger partial charge in [0.2, 0.25) is 5.91 Å². The van der Waals surface area contributed by atoms with E-state index in [4.69, 9.17) is 5.73 Å². The van der Waals surface area contributed by atoms with Crippen molar-refractivity contribution < 1.29 is 4.79 Å². The number of benzene rings is 1. The van der Waals surface area contributed by atoms with Crippen LogP contribution in [0.15, 0.2) is 24.3 Å². The quantitative estimate of drug-likeness (QED) is 0.899. The third-order valence-electron chi connectivity index (χ3n) is 3.84. The van der Waals surface area contributed by atoms with Crippen molar-refractivity contribution in [3.8, 4) is 0 Å². The second-order valence-electron chi connectivity index (χ2n) is 6.73. The third kappa shape index (κ3) is 2.66. The van der Waals surface area contributed by atoms with E-state index in [-0.39, 0.29) is 23.5 Å². The lowest BCUT2D eigenvalue weighted by atomic mass is 9.96. The number of rotatable bonds is 2. The van der Waals surface area contributed by atoms with E-state index >= 15 is 0 Å². The predicted octanol–water partition coefficient (Wildman–Crippen LogP) is 2.15. The van der Waals surface area contributed by atoms with Gasteiger partial charge in [-0.25, -0.2) is 0 Å². The molecule has 0 bridgehead atoms. The fourth-order valence-corrected chi connectivity index (χ4v) is 2.92. The molecule has 2 unspecified atom stereocenters. The number of nitrogens with two attached hydrogens (primary N) is 1. The molecule has 2 N–H and O–H groups in total. The average molecular weight is 275 g/mol. The molecule has 1 heterocycles. The zero-order chi connectivity index (χ0) is 15.1. The monoisotopic (exact) mass is 275 g/mol. The van der Waals surface area contributed by atoms with Crippen LogP contribution in [-0.4, -0.2) is 36.5 Å². The molecule has 1 saturated heterocycles. The van der Waals surface area contributed by atoms with Gasteiger partial charge in [0.25, 0.3) is 0 Å². The minimum absolute atomic E-state index is 0.0290. The highest BCUT2D eigenvalue weighted by Crippen LogP contribution is 2.37. The number of amides is 1. The lowest BCUT2D eigenvalue weighted by Crippen LogP contribution is -2.45. The lowest BCUT2D eigenvalue weighted by molar-refractivity contribution is -0.133. The van der Waals surface area contributed by atoms with Gasteiger partial charge in [-0.15, -0.1) is 0 Å². The second-order valence-corrected chi connectivity index (χ2v) is 6.73. The first-order chi connectivity index (χ1) is 9.21. The Kier molecular flexibility index (Phi) is 3.78. The molecular formula is C16H25N3O. The Labute approximate surface area is 121 Å². The van der Waals surface area contributed by atoms with Gasteiger partial charge >= 0.3 is 0 Å². The van der Waals surface area contributed by atoms with Crippen molar-refractivity contribution in [2.24, 2.45) is 5.73 Å². The topological polar surface area (TPSA) is 49.6 Å². The number of carbonyl (C=O) groups is 1. The minimum atomic E-state index is -0.212. The summed E-state index contributed by atoms with van der Waals surface area (Å²) in [6.45, 7) is 6.18. The van der Waals surface area contributed by atoms with Crippen LogP contribution in [0.4, 0.5) is 5.69 Å². The van der Waals surface area contributed by atoms with Crippen molar-refractivity contribution in [1.82, 2.24) is 4.90 Å². The van der Waals surface area contributed by atoms with E-state index in [9.17, 15) is 4.79 Å². The van der Waals surface area contributed by atoms with Crippen LogP contribution in [0.3, 0.4) is 0 Å². The fraction of sp³-hybridized carbons (Fsp3) is 0.562. The third-order valence-corrected chi connectivity index (χ3v) is 3.84. The van der Waals surface area contributed by atoms with Gasteiger partial charge in [-0.05, 0) is 38.5 Å². The van der Waals surface area contributed by atoms with E-state index in [1.54, 1.807) is 0 Å². The van der Waals surface area contributed by atoms with E-state index in [0.29, 0.717) is 6.42 Å². The van der Waals surface area contributed by atoms with Gasteiger partial charge in [-0.1, -0.05) is 12.1 Å². The summed E-state index contributed by atoms with van der Waals surface area (Å²) >= 11 is 0. The molecule has 1 amide bonds. The molecule has 110 valence electrons. The van der Waals surface area contributed by atoms with Crippen molar-refractivity contribution in [1.29, 1.82) is 0 Å². The molecule has 2 rings (SSSR count). The van der Waals surface area contributed by atoms with Gasteiger partial charge in [0, 0.05) is 37.8 Å². The minimum Gasteiger partial charge on any atom is -0.378 e. The Bertz CT molecular complexity index is 487. The first kappa shape index (κ1) is 14.9. The lowest BCUT2D eigenvalue weighted by Gasteiger charge is -2.38. The molecule has 1 aliphatic heterocycles. The Morgan fingerprint density at radius 2 is 1.75 bits per heavy atom. The second kappa shape index (κ2) is 5.09. The van der Waals surface area contributed by atoms with Crippen LogP contribution >= 0.6 is 0 Å². The smallest absolute Gasteiger partial charge is 0.225 e. The molecule has 0 spiro atoms. The van der Waals surface area contributed by atoms with Gasteiger partial charge < -0.3 is 15.5 Å². The Morgan fingerprint density at radius 3 is 2.20 bits per heavy atom. The number of hydrogen-bond acceptors (Lipinski definition) is 3. The van der Waals surface area contributed by atoms with Gasteiger partial charge in [0.1, 0.15) is 0 Å². The molecule has 1 fully saturated rings. The SMILES string of the molecule is CN(C)c1ccc(C2C(N)CC(=O)N2C(C)(C)C)cc1. The largest absolute Gasteiger partial charge is 0.378 e. The van der Waals surface area contributed by atoms with Crippen LogP contribution in [0, 0.1) is 0 Å². The van der Waals surface area contributed by atoms with Crippen molar-refractivity contribution in [3.63, 3.8) is 0 Å². The highest BCUT2D eigenvalue weighted by molar-refractivity contribution is 5.81. The molecule has 20 heavy (non-hydrogen) atoms. The molecule has 2 atom stereocenters. The van der Waals surface area contributed by atoms with Crippen molar-refractivity contribution in [2.75, 3.05) is 19.0 Å². The molecule has 1 aromatic carbocycles. The predicted molar refractivity (Wildman–Crippen MR) is 82.7 cm³/mol. The number of hydrogen-bond donors (Lipinski definition) is 1. The van der Waals surface area contributed by atoms with E-state index in [1.807, 2.05) is 19.0 Å². The number of likely N-dealkylation sites (tertiary alicyclic amines) is 1. The highest BCUT2D eigenvalue weighted by Gasteiger charge is 2.43. The summed E-state index contributed by atoms with van der Waals surface area (Å²) in [4.78, 5) is 16.2. The molecule has 0 radical (unpaired) electrons. The molecule has 0 aliphatic carbocycles. The number of nitrogens with zero attached hydrogens (tertiary/aromatic N) is 2. The normalized spacial score (nSPS) is 23.3. The van der Waals surface area contributed by atoms with E-state index < -0.39 is 0 Å². The zero-order valence-electron chi connectivity index (χ0n) is 13.1. The van der Waals surface area contributed by atoms with Gasteiger partial charge in [-0.3, -0.25) is 4.79 Å². The highest BCUT2D eigenvalue weighted by atomic mass is 16.2. The fourth-order valence-electron chi connectivity index (χ4n) is 2.92. The van der Waals surface area contributed by atoms with Crippen LogP contribution in [-0.2, 0) is 4.79 Å². The Hall–Kier alpha value is -1.55. The number of anilines is 1. The average Bonchev–Trinajstić information content (AvgIpc) is 2.64. The maximum absolute atomic E-state index is 12.2. The Balaban J connectivity index is 2.36. The van der Waals surface area contributed by atoms with Crippen LogP contribution in [0.25, 0.3) is 0 Å². The van der Waals surface area contributed by atoms with E-state index in [2.05, 4.69) is 49.9 Å². The maximum Gasteiger partial charge on any atom is 0.225 e. The summed E-state index contributed by atoms with van der Waals surface area (Å²) in [7, 11) is 4.03. The van der Waals surface area contributed by atoms with Crippen LogP contribution < -0.4 is 10.6 Å². The molecule has 1 aliphatic rings. The summed E-state index contributed by atoms with van der Waals surface area (Å²) in [5.41, 5.74) is 8.26. The van der Waals surface area contributed by atoms with Crippen LogP contribution in [0.2, 0.25) is 0 Å². The first-order valence-corrected chi connectivity index (χ1v) is 7.07. The summed E-state index contributed by atoms with van der Waals surface area (Å²) in [5.74, 6) is 0.145. The van der Waals surface area contributed by atoms with Gasteiger partial charge in [0.05, 0.1) is 6.04 Å². The van der Waals surface area contributed by atoms with E-state index in [0.717, 1.165) is 11.3 Å². The summed E-state index contributed by atoms with van der Waals surface area (Å²) < 4.78 is 0. The molecule has 0 aromatic heterocycles. The standard InChI is InChI=1S/C16H25N3O/c1-16(2,3)19-14(20)10-13(17)15(19)11-6-8-12(9-7-11)18(4)5/h6-9,13,15H,10,17H2,1-5H3. The molecule has 4 heteroatoms. The zero-order valence-corrected chi connectivity index (χ0v) is 13.1. The van der Waals surface area contributed by atoms with Crippen molar-refractivity contribution in [3.05, 3.63) is 29.8 Å². The Morgan fingerprint density at radius 1 is 1.20 bits per heavy atom. The molecule has 0 saturated carbocycles. The van der Waals surface area contributed by atoms with Crippen LogP contribution in [0.1, 0.15) is 38.8 Å². The first-order valence-electron chi connectivity index (χ1n) is 7.07. The summed E-state index contributed by atoms with van der Waals surface area (Å²) in [5, 5.41) is 0. The van der Waals surface area contributed by atoms with Crippen LogP contribution in [0.5, 0.6) is 0 Å². The van der Waals surface area contributed by atoms with Crippen molar-refractivity contribution in [2.45, 2.75) is 44.8 Å². The maximum atomic E-state index is 12.2.